The molecule has 0 saturated carbocycles. The monoisotopic (exact) mass is 258 g/mol. The van der Waals surface area contributed by atoms with E-state index in [-0.39, 0.29) is 0 Å². The smallest absolute Gasteiger partial charge is 0.127 e. The van der Waals surface area contributed by atoms with Crippen LogP contribution in [0.1, 0.15) is 18.9 Å². The minimum absolute atomic E-state index is 0.963. The highest BCUT2D eigenvalue weighted by molar-refractivity contribution is 7.98. The summed E-state index contributed by atoms with van der Waals surface area (Å²) in [6.45, 7) is 3.13. The van der Waals surface area contributed by atoms with Crippen LogP contribution in [0.15, 0.2) is 53.6 Å². The molecule has 94 valence electrons. The molecule has 0 aliphatic carbocycles. The maximum Gasteiger partial charge on any atom is 0.127 e. The number of hydrogen-bond donors (Lipinski definition) is 1. The van der Waals surface area contributed by atoms with E-state index in [9.17, 15) is 0 Å². The first-order valence-electron chi connectivity index (χ1n) is 6.26. The number of aromatic nitrogens is 1. The molecular formula is C15H18N2S. The quantitative estimate of drug-likeness (QED) is 0.786. The summed E-state index contributed by atoms with van der Waals surface area (Å²) >= 11 is 1.77. The summed E-state index contributed by atoms with van der Waals surface area (Å²) in [5.74, 6) is 1.93. The van der Waals surface area contributed by atoms with Crippen molar-refractivity contribution in [2.75, 3.05) is 11.9 Å². The second-order valence-electron chi connectivity index (χ2n) is 4.06. The van der Waals surface area contributed by atoms with E-state index < -0.39 is 0 Å². The van der Waals surface area contributed by atoms with Crippen LogP contribution in [0.3, 0.4) is 0 Å². The standard InChI is InChI=1S/C15H18N2S/c1-2-11-16-14-9-6-10-15(17-14)18-12-13-7-4-3-5-8-13/h3-10H,2,11-12H2,1H3,(H,16,17). The Labute approximate surface area is 113 Å². The van der Waals surface area contributed by atoms with Crippen molar-refractivity contribution >= 4 is 17.6 Å². The van der Waals surface area contributed by atoms with Gasteiger partial charge in [-0.05, 0) is 24.1 Å². The molecule has 1 aromatic carbocycles. The van der Waals surface area contributed by atoms with Crippen molar-refractivity contribution in [3.63, 3.8) is 0 Å². The van der Waals surface area contributed by atoms with Gasteiger partial charge in [0.2, 0.25) is 0 Å². The SMILES string of the molecule is CCCNc1cccc(SCc2ccccc2)n1. The molecule has 1 heterocycles. The van der Waals surface area contributed by atoms with Crippen molar-refractivity contribution in [3.05, 3.63) is 54.1 Å². The third kappa shape index (κ3) is 4.08. The Morgan fingerprint density at radius 1 is 1.06 bits per heavy atom. The Kier molecular flexibility index (Phi) is 5.09. The molecule has 2 rings (SSSR count). The molecule has 0 atom stereocenters. The molecule has 0 fully saturated rings. The van der Waals surface area contributed by atoms with Gasteiger partial charge in [0, 0.05) is 12.3 Å². The number of nitrogens with one attached hydrogen (secondary N) is 1. The molecule has 0 saturated heterocycles. The lowest BCUT2D eigenvalue weighted by atomic mass is 10.2. The summed E-state index contributed by atoms with van der Waals surface area (Å²) in [5, 5.41) is 4.38. The molecule has 0 aliphatic rings. The topological polar surface area (TPSA) is 24.9 Å². The van der Waals surface area contributed by atoms with Gasteiger partial charge in [-0.25, -0.2) is 4.98 Å². The second kappa shape index (κ2) is 7.07. The van der Waals surface area contributed by atoms with Crippen molar-refractivity contribution in [1.29, 1.82) is 0 Å². The Morgan fingerprint density at radius 3 is 2.67 bits per heavy atom. The largest absolute Gasteiger partial charge is 0.370 e. The minimum atomic E-state index is 0.963. The van der Waals surface area contributed by atoms with E-state index in [4.69, 9.17) is 0 Å². The fraction of sp³-hybridized carbons (Fsp3) is 0.267. The lowest BCUT2D eigenvalue weighted by molar-refractivity contribution is 0.960. The van der Waals surface area contributed by atoms with E-state index in [1.807, 2.05) is 12.1 Å². The molecule has 0 bridgehead atoms. The molecular weight excluding hydrogens is 240 g/mol. The highest BCUT2D eigenvalue weighted by Gasteiger charge is 1.99. The van der Waals surface area contributed by atoms with E-state index in [2.05, 4.69) is 53.6 Å². The van der Waals surface area contributed by atoms with E-state index >= 15 is 0 Å². The van der Waals surface area contributed by atoms with Gasteiger partial charge in [0.15, 0.2) is 0 Å². The van der Waals surface area contributed by atoms with Gasteiger partial charge in [-0.15, -0.1) is 11.8 Å². The minimum Gasteiger partial charge on any atom is -0.370 e. The summed E-state index contributed by atoms with van der Waals surface area (Å²) in [5.41, 5.74) is 1.33. The van der Waals surface area contributed by atoms with Gasteiger partial charge in [-0.3, -0.25) is 0 Å². The van der Waals surface area contributed by atoms with Crippen LogP contribution in [-0.4, -0.2) is 11.5 Å². The Morgan fingerprint density at radius 2 is 1.89 bits per heavy atom. The molecule has 2 nitrogen and oxygen atoms in total. The molecule has 0 radical (unpaired) electrons. The first-order valence-corrected chi connectivity index (χ1v) is 7.24. The third-order valence-electron chi connectivity index (χ3n) is 2.51. The van der Waals surface area contributed by atoms with Gasteiger partial charge in [-0.2, -0.15) is 0 Å². The predicted octanol–water partition coefficient (Wildman–Crippen LogP) is 4.20. The van der Waals surface area contributed by atoms with Gasteiger partial charge in [0.25, 0.3) is 0 Å². The molecule has 2 aromatic rings. The van der Waals surface area contributed by atoms with Gasteiger partial charge in [0.05, 0.1) is 5.03 Å². The van der Waals surface area contributed by atoms with Crippen molar-refractivity contribution in [2.45, 2.75) is 24.1 Å². The van der Waals surface area contributed by atoms with Crippen molar-refractivity contribution in [3.8, 4) is 0 Å². The number of nitrogens with zero attached hydrogens (tertiary/aromatic N) is 1. The Hall–Kier alpha value is -1.48. The number of benzene rings is 1. The number of thioether (sulfide) groups is 1. The molecule has 1 N–H and O–H groups in total. The fourth-order valence-electron chi connectivity index (χ4n) is 1.58. The van der Waals surface area contributed by atoms with Gasteiger partial charge >= 0.3 is 0 Å². The predicted molar refractivity (Wildman–Crippen MR) is 79.0 cm³/mol. The van der Waals surface area contributed by atoms with Crippen LogP contribution in [-0.2, 0) is 5.75 Å². The number of hydrogen-bond acceptors (Lipinski definition) is 3. The molecule has 3 heteroatoms. The molecule has 0 spiro atoms. The first-order chi connectivity index (χ1) is 8.88. The van der Waals surface area contributed by atoms with Crippen LogP contribution in [0, 0.1) is 0 Å². The van der Waals surface area contributed by atoms with E-state index in [0.29, 0.717) is 0 Å². The number of anilines is 1. The van der Waals surface area contributed by atoms with Crippen LogP contribution in [0.4, 0.5) is 5.82 Å². The number of rotatable bonds is 6. The molecule has 0 unspecified atom stereocenters. The average Bonchev–Trinajstić information content (AvgIpc) is 2.44. The fourth-order valence-corrected chi connectivity index (χ4v) is 2.42. The molecule has 1 aromatic heterocycles. The summed E-state index contributed by atoms with van der Waals surface area (Å²) < 4.78 is 0. The lowest BCUT2D eigenvalue weighted by Crippen LogP contribution is -2.01. The van der Waals surface area contributed by atoms with E-state index in [0.717, 1.165) is 29.6 Å². The second-order valence-corrected chi connectivity index (χ2v) is 5.06. The average molecular weight is 258 g/mol. The van der Waals surface area contributed by atoms with Gasteiger partial charge in [0.1, 0.15) is 5.82 Å². The van der Waals surface area contributed by atoms with Crippen molar-refractivity contribution < 1.29 is 0 Å². The Balaban J connectivity index is 1.93. The summed E-state index contributed by atoms with van der Waals surface area (Å²) in [6, 6.07) is 16.6. The zero-order valence-electron chi connectivity index (χ0n) is 10.6. The van der Waals surface area contributed by atoms with Crippen molar-refractivity contribution in [1.82, 2.24) is 4.98 Å². The summed E-state index contributed by atoms with van der Waals surface area (Å²) in [4.78, 5) is 4.58. The van der Waals surface area contributed by atoms with E-state index in [1.165, 1.54) is 5.56 Å². The molecule has 0 amide bonds. The lowest BCUT2D eigenvalue weighted by Gasteiger charge is -2.06. The van der Waals surface area contributed by atoms with Crippen molar-refractivity contribution in [2.24, 2.45) is 0 Å². The molecule has 0 aliphatic heterocycles. The van der Waals surface area contributed by atoms with Crippen LogP contribution < -0.4 is 5.32 Å². The maximum atomic E-state index is 4.58. The molecule has 18 heavy (non-hydrogen) atoms. The Bertz CT molecular complexity index is 471. The summed E-state index contributed by atoms with van der Waals surface area (Å²) in [6.07, 6.45) is 1.11. The zero-order valence-corrected chi connectivity index (χ0v) is 11.4. The van der Waals surface area contributed by atoms with Crippen LogP contribution >= 0.6 is 11.8 Å². The number of pyridine rings is 1. The highest BCUT2D eigenvalue weighted by atomic mass is 32.2. The van der Waals surface area contributed by atoms with Crippen LogP contribution in [0.5, 0.6) is 0 Å². The van der Waals surface area contributed by atoms with Crippen LogP contribution in [0.2, 0.25) is 0 Å². The third-order valence-corrected chi connectivity index (χ3v) is 3.51. The zero-order chi connectivity index (χ0) is 12.6. The highest BCUT2D eigenvalue weighted by Crippen LogP contribution is 2.21. The maximum absolute atomic E-state index is 4.58. The first kappa shape index (κ1) is 13.0. The van der Waals surface area contributed by atoms with Gasteiger partial charge < -0.3 is 5.32 Å². The van der Waals surface area contributed by atoms with Crippen LogP contribution in [0.25, 0.3) is 0 Å². The van der Waals surface area contributed by atoms with Gasteiger partial charge in [-0.1, -0.05) is 43.3 Å². The normalized spacial score (nSPS) is 10.3. The summed E-state index contributed by atoms with van der Waals surface area (Å²) in [7, 11) is 0. The van der Waals surface area contributed by atoms with E-state index in [1.54, 1.807) is 11.8 Å².